The topological polar surface area (TPSA) is 117 Å². The van der Waals surface area contributed by atoms with E-state index in [4.69, 9.17) is 11.6 Å². The molecule has 5 rings (SSSR count). The second-order valence-electron chi connectivity index (χ2n) is 9.29. The van der Waals surface area contributed by atoms with Gasteiger partial charge in [-0.3, -0.25) is 19.0 Å². The van der Waals surface area contributed by atoms with Crippen LogP contribution in [0.5, 0.6) is 5.75 Å². The van der Waals surface area contributed by atoms with Gasteiger partial charge in [-0.05, 0) is 37.0 Å². The van der Waals surface area contributed by atoms with E-state index < -0.39 is 44.9 Å². The van der Waals surface area contributed by atoms with E-state index in [-0.39, 0.29) is 59.6 Å². The third kappa shape index (κ3) is 4.10. The molecule has 1 aromatic heterocycles. The molecule has 3 heterocycles. The van der Waals surface area contributed by atoms with Crippen molar-refractivity contribution in [3.63, 3.8) is 0 Å². The molecule has 1 N–H and O–H groups in total. The zero-order chi connectivity index (χ0) is 25.2. The Labute approximate surface area is 205 Å². The first-order valence-corrected chi connectivity index (χ1v) is 13.7. The first-order valence-electron chi connectivity index (χ1n) is 11.2. The molecule has 0 radical (unpaired) electrons. The minimum atomic E-state index is -3.36. The Morgan fingerprint density at radius 1 is 1.17 bits per heavy atom. The lowest BCUT2D eigenvalue weighted by Gasteiger charge is -2.30. The van der Waals surface area contributed by atoms with Gasteiger partial charge in [0.15, 0.2) is 5.75 Å². The number of amides is 2. The van der Waals surface area contributed by atoms with Crippen LogP contribution in [-0.4, -0.2) is 64.3 Å². The number of rotatable bonds is 6. The summed E-state index contributed by atoms with van der Waals surface area (Å²) in [4.78, 5) is 43.0. The van der Waals surface area contributed by atoms with E-state index in [0.717, 1.165) is 19.1 Å². The second kappa shape index (κ2) is 8.34. The lowest BCUT2D eigenvalue weighted by Crippen LogP contribution is -2.40. The van der Waals surface area contributed by atoms with Crippen LogP contribution in [-0.2, 0) is 22.8 Å². The van der Waals surface area contributed by atoms with Gasteiger partial charge in [-0.1, -0.05) is 17.7 Å². The van der Waals surface area contributed by atoms with Crippen molar-refractivity contribution in [2.24, 2.45) is 0 Å². The van der Waals surface area contributed by atoms with E-state index in [1.807, 2.05) is 0 Å². The van der Waals surface area contributed by atoms with E-state index in [1.54, 1.807) is 0 Å². The molecule has 1 aliphatic carbocycles. The van der Waals surface area contributed by atoms with Gasteiger partial charge in [-0.2, -0.15) is 0 Å². The number of aromatic hydroxyl groups is 1. The summed E-state index contributed by atoms with van der Waals surface area (Å²) in [6, 6.07) is 3.98. The molecule has 1 unspecified atom stereocenters. The molecule has 0 spiro atoms. The molecule has 2 aliphatic heterocycles. The van der Waals surface area contributed by atoms with Crippen LogP contribution in [0.2, 0.25) is 5.02 Å². The van der Waals surface area contributed by atoms with E-state index in [0.29, 0.717) is 5.56 Å². The van der Waals surface area contributed by atoms with Crippen molar-refractivity contribution in [1.29, 1.82) is 0 Å². The predicted molar refractivity (Wildman–Crippen MR) is 125 cm³/mol. The summed E-state index contributed by atoms with van der Waals surface area (Å²) in [6.45, 7) is 0.283. The minimum Gasteiger partial charge on any atom is -0.502 e. The van der Waals surface area contributed by atoms with Gasteiger partial charge in [-0.25, -0.2) is 12.8 Å². The maximum Gasteiger partial charge on any atom is 0.295 e. The van der Waals surface area contributed by atoms with Crippen molar-refractivity contribution >= 4 is 33.3 Å². The highest BCUT2D eigenvalue weighted by atomic mass is 35.5. The monoisotopic (exact) mass is 523 g/mol. The third-order valence-corrected chi connectivity index (χ3v) is 7.99. The molecule has 3 aliphatic rings. The molecule has 1 fully saturated rings. The molecule has 1 aromatic carbocycles. The smallest absolute Gasteiger partial charge is 0.295 e. The fourth-order valence-electron chi connectivity index (χ4n) is 4.97. The first-order chi connectivity index (χ1) is 16.5. The van der Waals surface area contributed by atoms with Crippen molar-refractivity contribution in [2.45, 2.75) is 44.4 Å². The van der Waals surface area contributed by atoms with Gasteiger partial charge in [0.05, 0.1) is 16.3 Å². The molecule has 2 aromatic rings. The molecule has 35 heavy (non-hydrogen) atoms. The SMILES string of the molecule is CS(=O)(=O)CCC1N(C2CC2)C(=O)c2c3c(c(O)c(=O)n21)C(=O)N(Cc1ccc(F)c(Cl)c1)CC3. The second-order valence-corrected chi connectivity index (χ2v) is 12.0. The maximum atomic E-state index is 13.5. The number of benzene rings is 1. The van der Waals surface area contributed by atoms with Crippen LogP contribution in [0.25, 0.3) is 0 Å². The van der Waals surface area contributed by atoms with Crippen LogP contribution in [0.3, 0.4) is 0 Å². The highest BCUT2D eigenvalue weighted by Crippen LogP contribution is 2.42. The molecule has 12 heteroatoms. The molecule has 0 saturated heterocycles. The number of carbonyl (C=O) groups is 2. The molecule has 1 atom stereocenters. The number of carbonyl (C=O) groups excluding carboxylic acids is 2. The van der Waals surface area contributed by atoms with E-state index in [2.05, 4.69) is 0 Å². The Bertz CT molecular complexity index is 1440. The fraction of sp³-hybridized carbons (Fsp3) is 0.435. The molecule has 0 bridgehead atoms. The van der Waals surface area contributed by atoms with Gasteiger partial charge >= 0.3 is 0 Å². The van der Waals surface area contributed by atoms with E-state index in [9.17, 15) is 32.3 Å². The number of hydrogen-bond acceptors (Lipinski definition) is 6. The average molecular weight is 524 g/mol. The molecule has 1 saturated carbocycles. The number of nitrogens with zero attached hydrogens (tertiary/aromatic N) is 3. The predicted octanol–water partition coefficient (Wildman–Crippen LogP) is 2.10. The maximum absolute atomic E-state index is 13.5. The summed E-state index contributed by atoms with van der Waals surface area (Å²) in [7, 11) is -3.36. The number of fused-ring (bicyclic) bond motifs is 3. The normalized spacial score (nSPS) is 19.8. The summed E-state index contributed by atoms with van der Waals surface area (Å²) in [5.41, 5.74) is -0.200. The van der Waals surface area contributed by atoms with Crippen molar-refractivity contribution in [1.82, 2.24) is 14.4 Å². The quantitative estimate of drug-likeness (QED) is 0.619. The Morgan fingerprint density at radius 2 is 1.89 bits per heavy atom. The third-order valence-electron chi connectivity index (χ3n) is 6.72. The lowest BCUT2D eigenvalue weighted by atomic mass is 9.95. The summed E-state index contributed by atoms with van der Waals surface area (Å²) in [5.74, 6) is -2.62. The number of aromatic nitrogens is 1. The van der Waals surface area contributed by atoms with Gasteiger partial charge < -0.3 is 14.9 Å². The van der Waals surface area contributed by atoms with Crippen molar-refractivity contribution < 1.29 is 27.5 Å². The lowest BCUT2D eigenvalue weighted by molar-refractivity contribution is 0.0670. The highest BCUT2D eigenvalue weighted by molar-refractivity contribution is 7.90. The molecule has 186 valence electrons. The van der Waals surface area contributed by atoms with Crippen LogP contribution in [0.4, 0.5) is 4.39 Å². The molecule has 2 amide bonds. The zero-order valence-electron chi connectivity index (χ0n) is 18.8. The standard InChI is InChI=1S/C23H23ClFN3O6S/c1-35(33,34)9-7-17-27(13-3-4-13)22(31)19-14-6-8-26(11-12-2-5-16(25)15(24)10-12)21(30)18(14)20(29)23(32)28(17)19/h2,5,10,13,17,29H,3-4,6-9,11H2,1H3. The summed E-state index contributed by atoms with van der Waals surface area (Å²) in [5, 5.41) is 10.7. The number of hydrogen-bond donors (Lipinski definition) is 1. The first kappa shape index (κ1) is 23.8. The van der Waals surface area contributed by atoms with Gasteiger partial charge in [0, 0.05) is 37.4 Å². The van der Waals surface area contributed by atoms with Crippen LogP contribution in [0, 0.1) is 5.82 Å². The Morgan fingerprint density at radius 3 is 2.51 bits per heavy atom. The number of pyridine rings is 1. The van der Waals surface area contributed by atoms with Gasteiger partial charge in [0.1, 0.15) is 27.5 Å². The highest BCUT2D eigenvalue weighted by Gasteiger charge is 2.48. The van der Waals surface area contributed by atoms with Crippen molar-refractivity contribution in [2.75, 3.05) is 18.6 Å². The fourth-order valence-corrected chi connectivity index (χ4v) is 5.81. The summed E-state index contributed by atoms with van der Waals surface area (Å²) >= 11 is 5.84. The van der Waals surface area contributed by atoms with Crippen LogP contribution >= 0.6 is 11.6 Å². The van der Waals surface area contributed by atoms with Gasteiger partial charge in [0.25, 0.3) is 17.4 Å². The molecule has 9 nitrogen and oxygen atoms in total. The Hall–Kier alpha value is -2.92. The Kier molecular flexibility index (Phi) is 5.67. The van der Waals surface area contributed by atoms with Gasteiger partial charge in [0.2, 0.25) is 0 Å². The molecular weight excluding hydrogens is 501 g/mol. The van der Waals surface area contributed by atoms with Crippen LogP contribution < -0.4 is 5.56 Å². The van der Waals surface area contributed by atoms with E-state index in [1.165, 1.54) is 32.6 Å². The van der Waals surface area contributed by atoms with Crippen molar-refractivity contribution in [3.05, 3.63) is 61.8 Å². The molecular formula is C23H23ClFN3O6S. The minimum absolute atomic E-state index is 0.0115. The van der Waals surface area contributed by atoms with Gasteiger partial charge in [-0.15, -0.1) is 0 Å². The average Bonchev–Trinajstić information content (AvgIpc) is 3.57. The zero-order valence-corrected chi connectivity index (χ0v) is 20.4. The number of halogens is 2. The van der Waals surface area contributed by atoms with Crippen LogP contribution in [0.15, 0.2) is 23.0 Å². The summed E-state index contributed by atoms with van der Waals surface area (Å²) in [6.07, 6.45) is 1.95. The van der Waals surface area contributed by atoms with Crippen LogP contribution in [0.1, 0.15) is 57.4 Å². The largest absolute Gasteiger partial charge is 0.502 e. The summed E-state index contributed by atoms with van der Waals surface area (Å²) < 4.78 is 38.3. The van der Waals surface area contributed by atoms with E-state index >= 15 is 0 Å². The number of sulfone groups is 1. The Balaban J connectivity index is 1.55. The van der Waals surface area contributed by atoms with Crippen molar-refractivity contribution in [3.8, 4) is 5.75 Å².